The lowest BCUT2D eigenvalue weighted by molar-refractivity contribution is -0.138. The van der Waals surface area contributed by atoms with E-state index in [-0.39, 0.29) is 0 Å². The van der Waals surface area contributed by atoms with Crippen molar-refractivity contribution in [2.24, 2.45) is 5.73 Å². The number of rotatable bonds is 3. The minimum absolute atomic E-state index is 0.385. The van der Waals surface area contributed by atoms with E-state index in [4.69, 9.17) is 10.8 Å². The Bertz CT molecular complexity index is 422. The first-order valence-electron chi connectivity index (χ1n) is 6.10. The zero-order chi connectivity index (χ0) is 15.2. The van der Waals surface area contributed by atoms with E-state index >= 15 is 0 Å². The van der Waals surface area contributed by atoms with Gasteiger partial charge in [-0.1, -0.05) is 66.7 Å². The van der Waals surface area contributed by atoms with Crippen molar-refractivity contribution in [3.8, 4) is 0 Å². The molecule has 0 heterocycles. The Morgan fingerprint density at radius 2 is 1.35 bits per heavy atom. The molecular formula is C16H20ClNO2. The number of carboxylic acid groups (broad SMARTS) is 1. The topological polar surface area (TPSA) is 63.3 Å². The van der Waals surface area contributed by atoms with E-state index in [0.717, 1.165) is 5.56 Å². The van der Waals surface area contributed by atoms with E-state index in [1.54, 1.807) is 0 Å². The monoisotopic (exact) mass is 293 g/mol. The minimum atomic E-state index is -0.959. The summed E-state index contributed by atoms with van der Waals surface area (Å²) in [4.78, 5) is 10.4. The van der Waals surface area contributed by atoms with Gasteiger partial charge in [-0.05, 0) is 12.0 Å². The van der Waals surface area contributed by atoms with Crippen molar-refractivity contribution in [1.82, 2.24) is 0 Å². The molecule has 0 aliphatic carbocycles. The van der Waals surface area contributed by atoms with Crippen LogP contribution in [0.1, 0.15) is 5.56 Å². The molecule has 108 valence electrons. The van der Waals surface area contributed by atoms with Crippen LogP contribution in [0, 0.1) is 0 Å². The van der Waals surface area contributed by atoms with Gasteiger partial charge in [-0.15, -0.1) is 11.6 Å². The lowest BCUT2D eigenvalue weighted by Gasteiger charge is -2.04. The normalized spacial score (nSPS) is 10.2. The number of nitrogens with two attached hydrogens (primary N) is 1. The van der Waals surface area contributed by atoms with E-state index in [0.29, 0.717) is 6.42 Å². The van der Waals surface area contributed by atoms with Gasteiger partial charge in [0, 0.05) is 6.38 Å². The maximum atomic E-state index is 10.4. The fourth-order valence-electron chi connectivity index (χ4n) is 1.34. The first kappa shape index (κ1) is 18.2. The smallest absolute Gasteiger partial charge is 0.320 e. The number of aliphatic carboxylic acids is 1. The fourth-order valence-corrected chi connectivity index (χ4v) is 1.34. The zero-order valence-corrected chi connectivity index (χ0v) is 12.2. The van der Waals surface area contributed by atoms with Crippen molar-refractivity contribution < 1.29 is 9.90 Å². The van der Waals surface area contributed by atoms with Gasteiger partial charge in [0.05, 0.1) is 0 Å². The van der Waals surface area contributed by atoms with Crippen LogP contribution in [0.4, 0.5) is 0 Å². The molecule has 4 heteroatoms. The third-order valence-corrected chi connectivity index (χ3v) is 2.28. The fraction of sp³-hybridized carbons (Fsp3) is 0.188. The van der Waals surface area contributed by atoms with Crippen LogP contribution in [0.3, 0.4) is 0 Å². The quantitative estimate of drug-likeness (QED) is 0.854. The first-order chi connectivity index (χ1) is 9.70. The molecule has 0 radical (unpaired) electrons. The zero-order valence-electron chi connectivity index (χ0n) is 11.4. The first-order valence-corrected chi connectivity index (χ1v) is 6.86. The second kappa shape index (κ2) is 12.2. The van der Waals surface area contributed by atoms with Gasteiger partial charge < -0.3 is 10.8 Å². The van der Waals surface area contributed by atoms with E-state index in [9.17, 15) is 4.79 Å². The highest BCUT2D eigenvalue weighted by molar-refractivity contribution is 6.15. The number of carboxylic acids is 1. The van der Waals surface area contributed by atoms with Crippen molar-refractivity contribution in [1.29, 1.82) is 0 Å². The Balaban J connectivity index is 0.000000377. The summed E-state index contributed by atoms with van der Waals surface area (Å²) in [6.07, 6.45) is 1.86. The average Bonchev–Trinajstić information content (AvgIpc) is 2.52. The lowest BCUT2D eigenvalue weighted by Crippen LogP contribution is -2.32. The van der Waals surface area contributed by atoms with Gasteiger partial charge in [-0.2, -0.15) is 0 Å². The maximum absolute atomic E-state index is 10.4. The molecule has 2 rings (SSSR count). The molecule has 0 aliphatic rings. The standard InChI is InChI=1S/C9H11NO2.C6H6.CH3Cl/c10-8(9(11)12)6-7-4-2-1-3-5-7;1-2-4-6-5-3-1;1-2/h1-5,8H,6,10H2,(H,11,12);1-6H;1H3. The molecule has 3 nitrogen and oxygen atoms in total. The molecule has 2 aromatic carbocycles. The van der Waals surface area contributed by atoms with Gasteiger partial charge >= 0.3 is 5.97 Å². The summed E-state index contributed by atoms with van der Waals surface area (Å²) in [6, 6.07) is 20.5. The van der Waals surface area contributed by atoms with Gasteiger partial charge in [0.1, 0.15) is 6.04 Å². The third kappa shape index (κ3) is 9.14. The highest BCUT2D eigenvalue weighted by Crippen LogP contribution is 2.01. The summed E-state index contributed by atoms with van der Waals surface area (Å²) in [7, 11) is 0. The van der Waals surface area contributed by atoms with Crippen molar-refractivity contribution in [3.05, 3.63) is 72.3 Å². The van der Waals surface area contributed by atoms with Crippen LogP contribution in [0.25, 0.3) is 0 Å². The number of halogens is 1. The Morgan fingerprint density at radius 3 is 1.70 bits per heavy atom. The summed E-state index contributed by atoms with van der Waals surface area (Å²) in [5.74, 6) is -0.959. The number of hydrogen-bond acceptors (Lipinski definition) is 2. The molecule has 2 aromatic rings. The minimum Gasteiger partial charge on any atom is -0.480 e. The second-order valence-corrected chi connectivity index (χ2v) is 3.79. The summed E-state index contributed by atoms with van der Waals surface area (Å²) < 4.78 is 0. The summed E-state index contributed by atoms with van der Waals surface area (Å²) >= 11 is 4.64. The van der Waals surface area contributed by atoms with Crippen molar-refractivity contribution >= 4 is 17.6 Å². The van der Waals surface area contributed by atoms with Gasteiger partial charge in [-0.3, -0.25) is 4.79 Å². The lowest BCUT2D eigenvalue weighted by atomic mass is 10.1. The molecule has 0 aliphatic heterocycles. The van der Waals surface area contributed by atoms with Crippen molar-refractivity contribution in [2.75, 3.05) is 6.38 Å². The Morgan fingerprint density at radius 1 is 1.00 bits per heavy atom. The van der Waals surface area contributed by atoms with E-state index in [2.05, 4.69) is 11.6 Å². The Labute approximate surface area is 125 Å². The van der Waals surface area contributed by atoms with Crippen LogP contribution in [0.5, 0.6) is 0 Å². The van der Waals surface area contributed by atoms with Crippen LogP contribution in [-0.2, 0) is 11.2 Å². The molecule has 20 heavy (non-hydrogen) atoms. The summed E-state index contributed by atoms with van der Waals surface area (Å²) in [5, 5.41) is 8.52. The van der Waals surface area contributed by atoms with Crippen LogP contribution in [0.15, 0.2) is 66.7 Å². The van der Waals surface area contributed by atoms with Crippen LogP contribution in [-0.4, -0.2) is 23.5 Å². The molecule has 1 unspecified atom stereocenters. The molecule has 1 atom stereocenters. The van der Waals surface area contributed by atoms with E-state index < -0.39 is 12.0 Å². The predicted octanol–water partition coefficient (Wildman–Crippen LogP) is 3.18. The molecule has 0 bridgehead atoms. The van der Waals surface area contributed by atoms with Gasteiger partial charge in [0.25, 0.3) is 0 Å². The molecule has 0 saturated carbocycles. The number of carbonyl (C=O) groups is 1. The van der Waals surface area contributed by atoms with Gasteiger partial charge in [-0.25, -0.2) is 0 Å². The highest BCUT2D eigenvalue weighted by Gasteiger charge is 2.10. The molecular weight excluding hydrogens is 274 g/mol. The highest BCUT2D eigenvalue weighted by atomic mass is 35.5. The summed E-state index contributed by atoms with van der Waals surface area (Å²) in [5.41, 5.74) is 6.30. The van der Waals surface area contributed by atoms with Crippen LogP contribution < -0.4 is 5.73 Å². The SMILES string of the molecule is CCl.NC(Cc1ccccc1)C(=O)O.c1ccccc1. The Kier molecular flexibility index (Phi) is 11.1. The Hall–Kier alpha value is -1.84. The molecule has 0 saturated heterocycles. The van der Waals surface area contributed by atoms with Crippen LogP contribution >= 0.6 is 11.6 Å². The maximum Gasteiger partial charge on any atom is 0.320 e. The van der Waals surface area contributed by atoms with Crippen molar-refractivity contribution in [2.45, 2.75) is 12.5 Å². The van der Waals surface area contributed by atoms with Crippen molar-refractivity contribution in [3.63, 3.8) is 0 Å². The summed E-state index contributed by atoms with van der Waals surface area (Å²) in [6.45, 7) is 0. The van der Waals surface area contributed by atoms with Gasteiger partial charge in [0.15, 0.2) is 0 Å². The molecule has 0 amide bonds. The van der Waals surface area contributed by atoms with E-state index in [1.807, 2.05) is 66.7 Å². The molecule has 0 aromatic heterocycles. The average molecular weight is 294 g/mol. The largest absolute Gasteiger partial charge is 0.480 e. The molecule has 3 N–H and O–H groups in total. The number of alkyl halides is 1. The van der Waals surface area contributed by atoms with Crippen LogP contribution in [0.2, 0.25) is 0 Å². The molecule has 0 spiro atoms. The second-order valence-electron chi connectivity index (χ2n) is 3.79. The third-order valence-electron chi connectivity index (χ3n) is 2.28. The number of hydrogen-bond donors (Lipinski definition) is 2. The molecule has 0 fully saturated rings. The van der Waals surface area contributed by atoms with E-state index in [1.165, 1.54) is 6.38 Å². The predicted molar refractivity (Wildman–Crippen MR) is 84.0 cm³/mol. The van der Waals surface area contributed by atoms with Gasteiger partial charge in [0.2, 0.25) is 0 Å². The number of benzene rings is 2.